The molecule has 4 heterocycles. The molecule has 0 spiro atoms. The Bertz CT molecular complexity index is 1560. The zero-order valence-electron chi connectivity index (χ0n) is 20.2. The first-order valence-electron chi connectivity index (χ1n) is 11.9. The quantitative estimate of drug-likeness (QED) is 0.375. The van der Waals surface area contributed by atoms with Crippen molar-refractivity contribution in [3.63, 3.8) is 0 Å². The van der Waals surface area contributed by atoms with Crippen LogP contribution in [0.1, 0.15) is 15.9 Å². The normalized spacial score (nSPS) is 14.2. The first-order chi connectivity index (χ1) is 17.6. The maximum Gasteiger partial charge on any atom is 0.254 e. The number of nitrogens with zero attached hydrogens (tertiary/aromatic N) is 5. The molecule has 184 valence electrons. The summed E-state index contributed by atoms with van der Waals surface area (Å²) >= 11 is 1.62. The Balaban J connectivity index is 1.41. The summed E-state index contributed by atoms with van der Waals surface area (Å²) in [5.41, 5.74) is 7.89. The molecule has 1 fully saturated rings. The highest BCUT2D eigenvalue weighted by Gasteiger charge is 2.23. The molecule has 5 aromatic rings. The Morgan fingerprint density at radius 3 is 2.86 bits per heavy atom. The van der Waals surface area contributed by atoms with Crippen LogP contribution in [0.3, 0.4) is 0 Å². The number of carbonyl (C=O) groups excluding carboxylic acids is 1. The smallest absolute Gasteiger partial charge is 0.254 e. The average Bonchev–Trinajstić information content (AvgIpc) is 3.65. The van der Waals surface area contributed by atoms with Crippen molar-refractivity contribution in [3.05, 3.63) is 53.2 Å². The van der Waals surface area contributed by atoms with Crippen LogP contribution in [0.2, 0.25) is 0 Å². The van der Waals surface area contributed by atoms with Crippen molar-refractivity contribution in [2.24, 2.45) is 0 Å². The van der Waals surface area contributed by atoms with Gasteiger partial charge in [0.25, 0.3) is 5.91 Å². The van der Waals surface area contributed by atoms with Crippen LogP contribution in [0.25, 0.3) is 44.2 Å². The summed E-state index contributed by atoms with van der Waals surface area (Å²) in [5, 5.41) is 0. The van der Waals surface area contributed by atoms with Crippen LogP contribution in [0.5, 0.6) is 0 Å². The first-order valence-corrected chi connectivity index (χ1v) is 12.8. The summed E-state index contributed by atoms with van der Waals surface area (Å²) in [5.74, 6) is 1.53. The number of hydrogen-bond acceptors (Lipinski definition) is 7. The standard InChI is InChI=1S/C26H26N6O3S/c1-16-11-22-19(13-18(16)26(33)31-5-9-35-10-6-31)30-25(32(22)7-8-34-2)21-14-27-24(29-21)17-3-4-23-20(12-17)28-15-36-23/h3-4,11-15H,5-10H2,1-2H3,(H,27,29). The number of aryl methyl sites for hydroxylation is 1. The molecule has 1 saturated heterocycles. The van der Waals surface area contributed by atoms with Crippen molar-refractivity contribution in [1.82, 2.24) is 29.4 Å². The lowest BCUT2D eigenvalue weighted by molar-refractivity contribution is 0.0302. The van der Waals surface area contributed by atoms with E-state index >= 15 is 0 Å². The molecule has 1 aliphatic rings. The first kappa shape index (κ1) is 22.8. The number of ether oxygens (including phenoxy) is 2. The van der Waals surface area contributed by atoms with Crippen LogP contribution in [-0.2, 0) is 16.0 Å². The van der Waals surface area contributed by atoms with Gasteiger partial charge in [-0.1, -0.05) is 0 Å². The highest BCUT2D eigenvalue weighted by molar-refractivity contribution is 7.16. The third kappa shape index (κ3) is 4.06. The minimum absolute atomic E-state index is 0.0203. The van der Waals surface area contributed by atoms with Gasteiger partial charge in [-0.3, -0.25) is 4.79 Å². The van der Waals surface area contributed by atoms with Gasteiger partial charge >= 0.3 is 0 Å². The van der Waals surface area contributed by atoms with Gasteiger partial charge in [0.15, 0.2) is 5.82 Å². The Labute approximate surface area is 211 Å². The summed E-state index contributed by atoms with van der Waals surface area (Å²) < 4.78 is 14.1. The highest BCUT2D eigenvalue weighted by atomic mass is 32.1. The van der Waals surface area contributed by atoms with Crippen LogP contribution < -0.4 is 0 Å². The fourth-order valence-corrected chi connectivity index (χ4v) is 5.30. The molecule has 2 aromatic carbocycles. The number of H-pyrrole nitrogens is 1. The number of carbonyl (C=O) groups is 1. The summed E-state index contributed by atoms with van der Waals surface area (Å²) in [4.78, 5) is 32.5. The van der Waals surface area contributed by atoms with Crippen LogP contribution in [0, 0.1) is 6.92 Å². The molecule has 10 heteroatoms. The molecule has 0 unspecified atom stereocenters. The van der Waals surface area contributed by atoms with Crippen LogP contribution in [0.15, 0.2) is 42.0 Å². The van der Waals surface area contributed by atoms with E-state index in [0.29, 0.717) is 45.0 Å². The molecule has 0 bridgehead atoms. The Hall–Kier alpha value is -3.60. The fraction of sp³-hybridized carbons (Fsp3) is 0.308. The third-order valence-corrected chi connectivity index (χ3v) is 7.37. The number of amides is 1. The molecule has 0 atom stereocenters. The van der Waals surface area contributed by atoms with Crippen LogP contribution in [-0.4, -0.2) is 75.3 Å². The van der Waals surface area contributed by atoms with Gasteiger partial charge in [0.1, 0.15) is 11.5 Å². The van der Waals surface area contributed by atoms with E-state index in [0.717, 1.165) is 49.7 Å². The summed E-state index contributed by atoms with van der Waals surface area (Å²) in [7, 11) is 1.69. The SMILES string of the molecule is COCCn1c(-c2cnc(-c3ccc4scnc4c3)[nH]2)nc2cc(C(=O)N3CCOCC3)c(C)cc21. The number of rotatable bonds is 6. The van der Waals surface area contributed by atoms with Gasteiger partial charge in [-0.15, -0.1) is 11.3 Å². The summed E-state index contributed by atoms with van der Waals surface area (Å²) in [6.07, 6.45) is 1.80. The molecule has 1 amide bonds. The van der Waals surface area contributed by atoms with E-state index in [1.165, 1.54) is 0 Å². The number of fused-ring (bicyclic) bond motifs is 2. The minimum atomic E-state index is 0.0203. The zero-order valence-corrected chi connectivity index (χ0v) is 21.0. The molecule has 0 radical (unpaired) electrons. The van der Waals surface area contributed by atoms with E-state index in [2.05, 4.69) is 25.6 Å². The number of thiazole rings is 1. The molecule has 1 N–H and O–H groups in total. The fourth-order valence-electron chi connectivity index (χ4n) is 4.64. The highest BCUT2D eigenvalue weighted by Crippen LogP contribution is 2.30. The van der Waals surface area contributed by atoms with E-state index in [4.69, 9.17) is 14.5 Å². The number of imidazole rings is 2. The van der Waals surface area contributed by atoms with Crippen molar-refractivity contribution in [2.45, 2.75) is 13.5 Å². The number of benzene rings is 2. The Morgan fingerprint density at radius 2 is 2.03 bits per heavy atom. The van der Waals surface area contributed by atoms with E-state index < -0.39 is 0 Å². The molecule has 6 rings (SSSR count). The Kier molecular flexibility index (Phi) is 6.00. The maximum atomic E-state index is 13.2. The van der Waals surface area contributed by atoms with Crippen molar-refractivity contribution in [3.8, 4) is 22.9 Å². The monoisotopic (exact) mass is 502 g/mol. The molecule has 36 heavy (non-hydrogen) atoms. The molecular weight excluding hydrogens is 476 g/mol. The summed E-state index contributed by atoms with van der Waals surface area (Å²) in [6.45, 7) is 5.48. The molecule has 3 aromatic heterocycles. The van der Waals surface area contributed by atoms with Gasteiger partial charge in [0.2, 0.25) is 0 Å². The molecule has 1 aliphatic heterocycles. The second-order valence-electron chi connectivity index (χ2n) is 8.82. The number of hydrogen-bond donors (Lipinski definition) is 1. The number of aromatic nitrogens is 5. The molecule has 0 aliphatic carbocycles. The van der Waals surface area contributed by atoms with Gasteiger partial charge in [-0.2, -0.15) is 0 Å². The van der Waals surface area contributed by atoms with Gasteiger partial charge in [0, 0.05) is 37.9 Å². The number of nitrogens with one attached hydrogen (secondary N) is 1. The summed E-state index contributed by atoms with van der Waals surface area (Å²) in [6, 6.07) is 10.1. The molecular formula is C26H26N6O3S. The second-order valence-corrected chi connectivity index (χ2v) is 9.71. The van der Waals surface area contributed by atoms with Crippen LogP contribution >= 0.6 is 11.3 Å². The third-order valence-electron chi connectivity index (χ3n) is 6.56. The lowest BCUT2D eigenvalue weighted by Crippen LogP contribution is -2.40. The minimum Gasteiger partial charge on any atom is -0.383 e. The second kappa shape index (κ2) is 9.45. The Morgan fingerprint density at radius 1 is 1.17 bits per heavy atom. The van der Waals surface area contributed by atoms with E-state index in [-0.39, 0.29) is 5.91 Å². The van der Waals surface area contributed by atoms with E-state index in [1.54, 1.807) is 24.6 Å². The molecule has 0 saturated carbocycles. The number of aromatic amines is 1. The number of morpholine rings is 1. The largest absolute Gasteiger partial charge is 0.383 e. The predicted octanol–water partition coefficient (Wildman–Crippen LogP) is 4.13. The van der Waals surface area contributed by atoms with Crippen molar-refractivity contribution in [2.75, 3.05) is 40.0 Å². The van der Waals surface area contributed by atoms with Gasteiger partial charge in [-0.05, 0) is 42.8 Å². The van der Waals surface area contributed by atoms with Crippen molar-refractivity contribution < 1.29 is 14.3 Å². The maximum absolute atomic E-state index is 13.2. The molecule has 9 nitrogen and oxygen atoms in total. The topological polar surface area (TPSA) is 98.2 Å². The lowest BCUT2D eigenvalue weighted by Gasteiger charge is -2.27. The van der Waals surface area contributed by atoms with E-state index in [1.807, 2.05) is 41.6 Å². The zero-order chi connectivity index (χ0) is 24.6. The van der Waals surface area contributed by atoms with Crippen molar-refractivity contribution >= 4 is 38.5 Å². The number of methoxy groups -OCH3 is 1. The van der Waals surface area contributed by atoms with Gasteiger partial charge < -0.3 is 23.9 Å². The van der Waals surface area contributed by atoms with Gasteiger partial charge in [-0.25, -0.2) is 15.0 Å². The van der Waals surface area contributed by atoms with E-state index in [9.17, 15) is 4.79 Å². The van der Waals surface area contributed by atoms with Gasteiger partial charge in [0.05, 0.1) is 52.8 Å². The van der Waals surface area contributed by atoms with Crippen LogP contribution in [0.4, 0.5) is 0 Å². The van der Waals surface area contributed by atoms with Crippen molar-refractivity contribution in [1.29, 1.82) is 0 Å². The average molecular weight is 503 g/mol. The lowest BCUT2D eigenvalue weighted by atomic mass is 10.1. The predicted molar refractivity (Wildman–Crippen MR) is 139 cm³/mol.